The highest BCUT2D eigenvalue weighted by molar-refractivity contribution is 5.93. The van der Waals surface area contributed by atoms with Crippen molar-refractivity contribution in [3.05, 3.63) is 59.9 Å². The summed E-state index contributed by atoms with van der Waals surface area (Å²) in [6.45, 7) is 3.97. The Balaban J connectivity index is 1.59. The minimum Gasteiger partial charge on any atom is -0.334 e. The van der Waals surface area contributed by atoms with Crippen LogP contribution in [-0.4, -0.2) is 56.0 Å². The Kier molecular flexibility index (Phi) is 4.60. The van der Waals surface area contributed by atoms with Gasteiger partial charge in [0.25, 0.3) is 5.91 Å². The van der Waals surface area contributed by atoms with E-state index in [1.165, 1.54) is 5.56 Å². The van der Waals surface area contributed by atoms with Gasteiger partial charge in [0, 0.05) is 30.6 Å². The highest BCUT2D eigenvalue weighted by Crippen LogP contribution is 2.56. The molecule has 2 bridgehead atoms. The van der Waals surface area contributed by atoms with Crippen LogP contribution in [0.5, 0.6) is 0 Å². The summed E-state index contributed by atoms with van der Waals surface area (Å²) in [6, 6.07) is 14.1. The highest BCUT2D eigenvalue weighted by Gasteiger charge is 2.64. The van der Waals surface area contributed by atoms with E-state index in [1.807, 2.05) is 18.2 Å². The molecule has 3 fully saturated rings. The minimum absolute atomic E-state index is 0.00652. The molecule has 2 saturated heterocycles. The lowest BCUT2D eigenvalue weighted by molar-refractivity contribution is -0.142. The van der Waals surface area contributed by atoms with E-state index in [2.05, 4.69) is 39.1 Å². The Labute approximate surface area is 177 Å². The zero-order valence-electron chi connectivity index (χ0n) is 17.6. The summed E-state index contributed by atoms with van der Waals surface area (Å²) in [4.78, 5) is 30.7. The lowest BCUT2D eigenvalue weighted by Crippen LogP contribution is -2.62. The number of hydrogen-bond donors (Lipinski definition) is 0. The van der Waals surface area contributed by atoms with Gasteiger partial charge in [-0.25, -0.2) is 0 Å². The van der Waals surface area contributed by atoms with E-state index in [9.17, 15) is 9.59 Å². The number of carbonyl (C=O) groups is 2. The maximum Gasteiger partial charge on any atom is 0.274 e. The van der Waals surface area contributed by atoms with Crippen molar-refractivity contribution in [3.8, 4) is 0 Å². The fourth-order valence-corrected chi connectivity index (χ4v) is 6.47. The number of benzene rings is 1. The van der Waals surface area contributed by atoms with Crippen molar-refractivity contribution >= 4 is 11.8 Å². The van der Waals surface area contributed by atoms with Crippen LogP contribution in [0, 0.1) is 5.41 Å². The number of carbonyl (C=O) groups excluding carboxylic acids is 2. The summed E-state index contributed by atoms with van der Waals surface area (Å²) in [6.07, 6.45) is 6.32. The van der Waals surface area contributed by atoms with Gasteiger partial charge in [0.1, 0.15) is 0 Å². The number of aromatic nitrogens is 2. The van der Waals surface area contributed by atoms with Crippen LogP contribution >= 0.6 is 0 Å². The number of piperidine rings is 1. The Hall–Kier alpha value is -2.76. The van der Waals surface area contributed by atoms with Gasteiger partial charge in [-0.2, -0.15) is 5.10 Å². The fourth-order valence-electron chi connectivity index (χ4n) is 6.47. The smallest absolute Gasteiger partial charge is 0.274 e. The van der Waals surface area contributed by atoms with Gasteiger partial charge in [-0.15, -0.1) is 5.10 Å². The molecule has 0 spiro atoms. The third kappa shape index (κ3) is 2.84. The number of nitrogens with zero attached hydrogens (tertiary/aromatic N) is 4. The maximum atomic E-state index is 13.6. The molecule has 5 atom stereocenters. The topological polar surface area (TPSA) is 66.4 Å². The number of likely N-dealkylation sites (tertiary alicyclic amines) is 2. The van der Waals surface area contributed by atoms with Gasteiger partial charge in [-0.05, 0) is 49.8 Å². The number of rotatable bonds is 3. The molecule has 1 aliphatic carbocycles. The van der Waals surface area contributed by atoms with Crippen LogP contribution in [0.15, 0.2) is 48.7 Å². The molecule has 5 rings (SSSR count). The van der Waals surface area contributed by atoms with Crippen LogP contribution in [0.3, 0.4) is 0 Å². The summed E-state index contributed by atoms with van der Waals surface area (Å²) in [5, 5.41) is 8.04. The van der Waals surface area contributed by atoms with Gasteiger partial charge in [0.2, 0.25) is 5.91 Å². The van der Waals surface area contributed by atoms with Crippen LogP contribution in [0.1, 0.15) is 55.6 Å². The Morgan fingerprint density at radius 3 is 2.47 bits per heavy atom. The molecule has 2 aliphatic heterocycles. The summed E-state index contributed by atoms with van der Waals surface area (Å²) in [7, 11) is 0. The van der Waals surface area contributed by atoms with Crippen LogP contribution < -0.4 is 0 Å². The first-order chi connectivity index (χ1) is 14.5. The van der Waals surface area contributed by atoms with Crippen LogP contribution in [0.2, 0.25) is 0 Å². The third-order valence-electron chi connectivity index (χ3n) is 7.63. The van der Waals surface area contributed by atoms with Crippen LogP contribution in [0.25, 0.3) is 0 Å². The quantitative estimate of drug-likeness (QED) is 0.789. The second-order valence-electron chi connectivity index (χ2n) is 9.24. The SMILES string of the molecule is CC(=O)N1[C@@H](Cc2ccccc2)[C@@H]2C[C@@]3(C)[C@H](CCC[C@@H]13)N2C(=O)c1cccnn1. The molecule has 2 amide bonds. The lowest BCUT2D eigenvalue weighted by atomic mass is 9.64. The molecule has 1 saturated carbocycles. The monoisotopic (exact) mass is 404 g/mol. The summed E-state index contributed by atoms with van der Waals surface area (Å²) in [5.41, 5.74) is 1.52. The first kappa shape index (κ1) is 19.2. The molecule has 0 radical (unpaired) electrons. The molecule has 3 heterocycles. The summed E-state index contributed by atoms with van der Waals surface area (Å²) < 4.78 is 0. The summed E-state index contributed by atoms with van der Waals surface area (Å²) in [5.74, 6) is 0.0669. The average molecular weight is 405 g/mol. The van der Waals surface area contributed by atoms with Gasteiger partial charge in [0.05, 0.1) is 12.1 Å². The van der Waals surface area contributed by atoms with Crippen LogP contribution in [-0.2, 0) is 11.2 Å². The van der Waals surface area contributed by atoms with Crippen molar-refractivity contribution in [2.24, 2.45) is 5.41 Å². The van der Waals surface area contributed by atoms with Crippen molar-refractivity contribution in [1.82, 2.24) is 20.0 Å². The van der Waals surface area contributed by atoms with Crippen molar-refractivity contribution in [2.45, 2.75) is 70.1 Å². The molecule has 3 aliphatic rings. The van der Waals surface area contributed by atoms with E-state index in [-0.39, 0.29) is 41.4 Å². The van der Waals surface area contributed by atoms with Crippen molar-refractivity contribution < 1.29 is 9.59 Å². The number of hydrogen-bond acceptors (Lipinski definition) is 4. The van der Waals surface area contributed by atoms with E-state index in [4.69, 9.17) is 0 Å². The predicted molar refractivity (Wildman–Crippen MR) is 113 cm³/mol. The van der Waals surface area contributed by atoms with E-state index in [1.54, 1.807) is 25.3 Å². The van der Waals surface area contributed by atoms with Crippen LogP contribution in [0.4, 0.5) is 0 Å². The first-order valence-electron chi connectivity index (χ1n) is 10.9. The predicted octanol–water partition coefficient (Wildman–Crippen LogP) is 3.09. The maximum absolute atomic E-state index is 13.6. The normalized spacial score (nSPS) is 32.2. The molecule has 0 unspecified atom stereocenters. The summed E-state index contributed by atoms with van der Waals surface area (Å²) >= 11 is 0. The molecular weight excluding hydrogens is 376 g/mol. The molecular formula is C24H28N4O2. The molecule has 6 heteroatoms. The zero-order chi connectivity index (χ0) is 20.9. The Morgan fingerprint density at radius 2 is 1.80 bits per heavy atom. The minimum atomic E-state index is -0.0698. The average Bonchev–Trinajstić information content (AvgIpc) is 3.07. The largest absolute Gasteiger partial charge is 0.334 e. The Bertz CT molecular complexity index is 950. The zero-order valence-corrected chi connectivity index (χ0v) is 17.6. The number of fused-ring (bicyclic) bond motifs is 1. The Morgan fingerprint density at radius 1 is 1.07 bits per heavy atom. The molecule has 1 aromatic carbocycles. The first-order valence-corrected chi connectivity index (χ1v) is 10.9. The second kappa shape index (κ2) is 7.18. The molecule has 0 N–H and O–H groups in total. The van der Waals surface area contributed by atoms with E-state index in [0.717, 1.165) is 32.1 Å². The van der Waals surface area contributed by atoms with Crippen molar-refractivity contribution in [3.63, 3.8) is 0 Å². The van der Waals surface area contributed by atoms with E-state index < -0.39 is 0 Å². The molecule has 2 aromatic rings. The van der Waals surface area contributed by atoms with Gasteiger partial charge in [-0.1, -0.05) is 37.3 Å². The van der Waals surface area contributed by atoms with E-state index >= 15 is 0 Å². The standard InChI is InChI=1S/C24H28N4O2/c1-16(29)27-19(14-17-8-4-3-5-9-17)20-15-24(2)21(27)11-6-12-22(24)28(20)23(30)18-10-7-13-25-26-18/h3-5,7-10,13,19-22H,6,11-12,14-15H2,1-2H3/t19-,20-,21+,22-,24+/m0/s1. The fraction of sp³-hybridized carbons (Fsp3) is 0.500. The molecule has 30 heavy (non-hydrogen) atoms. The second-order valence-corrected chi connectivity index (χ2v) is 9.24. The van der Waals surface area contributed by atoms with Gasteiger partial charge >= 0.3 is 0 Å². The van der Waals surface area contributed by atoms with Gasteiger partial charge in [-0.3, -0.25) is 9.59 Å². The highest BCUT2D eigenvalue weighted by atomic mass is 16.2. The lowest BCUT2D eigenvalue weighted by Gasteiger charge is -2.52. The van der Waals surface area contributed by atoms with Crippen molar-refractivity contribution in [2.75, 3.05) is 0 Å². The van der Waals surface area contributed by atoms with Gasteiger partial charge in [0.15, 0.2) is 5.69 Å². The van der Waals surface area contributed by atoms with Crippen molar-refractivity contribution in [1.29, 1.82) is 0 Å². The third-order valence-corrected chi connectivity index (χ3v) is 7.63. The van der Waals surface area contributed by atoms with E-state index in [0.29, 0.717) is 5.69 Å². The van der Waals surface area contributed by atoms with Gasteiger partial charge < -0.3 is 9.80 Å². The molecule has 156 valence electrons. The molecule has 6 nitrogen and oxygen atoms in total. The molecule has 1 aromatic heterocycles. The number of amides is 2.